The van der Waals surface area contributed by atoms with Crippen molar-refractivity contribution in [2.75, 3.05) is 11.9 Å². The molecular formula is C26H29FN4O4. The number of aromatic nitrogens is 3. The summed E-state index contributed by atoms with van der Waals surface area (Å²) in [5.41, 5.74) is 0.469. The molecule has 0 spiro atoms. The summed E-state index contributed by atoms with van der Waals surface area (Å²) in [6.45, 7) is 6.55. The molecule has 0 unspecified atom stereocenters. The highest BCUT2D eigenvalue weighted by Crippen LogP contribution is 2.51. The monoisotopic (exact) mass is 480 g/mol. The van der Waals surface area contributed by atoms with Crippen molar-refractivity contribution in [3.8, 4) is 5.75 Å². The van der Waals surface area contributed by atoms with E-state index in [1.165, 1.54) is 10.6 Å². The van der Waals surface area contributed by atoms with Gasteiger partial charge in [-0.2, -0.15) is 5.10 Å². The first-order valence-electron chi connectivity index (χ1n) is 12.2. The third-order valence-corrected chi connectivity index (χ3v) is 7.47. The quantitative estimate of drug-likeness (QED) is 0.572. The molecule has 2 bridgehead atoms. The number of anilines is 1. The molecule has 1 N–H and O–H groups in total. The van der Waals surface area contributed by atoms with E-state index in [0.29, 0.717) is 24.3 Å². The van der Waals surface area contributed by atoms with Crippen molar-refractivity contribution in [3.63, 3.8) is 0 Å². The second-order valence-electron chi connectivity index (χ2n) is 10.7. The molecule has 1 amide bonds. The molecule has 6 rings (SSSR count). The van der Waals surface area contributed by atoms with Gasteiger partial charge in [0.15, 0.2) is 0 Å². The van der Waals surface area contributed by atoms with Crippen LogP contribution in [-0.2, 0) is 10.3 Å². The predicted octanol–water partition coefficient (Wildman–Crippen LogP) is 4.19. The zero-order chi connectivity index (χ0) is 24.5. The minimum absolute atomic E-state index is 0.0969. The van der Waals surface area contributed by atoms with E-state index in [1.54, 1.807) is 24.4 Å². The van der Waals surface area contributed by atoms with Gasteiger partial charge in [-0.1, -0.05) is 0 Å². The molecule has 1 aliphatic heterocycles. The minimum Gasteiger partial charge on any atom is -0.490 e. The fourth-order valence-electron chi connectivity index (χ4n) is 5.51. The lowest BCUT2D eigenvalue weighted by Gasteiger charge is -2.26. The van der Waals surface area contributed by atoms with Gasteiger partial charge in [-0.25, -0.2) is 4.39 Å². The number of amides is 1. The lowest BCUT2D eigenvalue weighted by Crippen LogP contribution is -2.33. The largest absolute Gasteiger partial charge is 0.490 e. The van der Waals surface area contributed by atoms with E-state index in [9.17, 15) is 14.0 Å². The fraction of sp³-hybridized carbons (Fsp3) is 0.500. The molecule has 9 heteroatoms. The van der Waals surface area contributed by atoms with Gasteiger partial charge < -0.3 is 19.4 Å². The number of halogens is 1. The van der Waals surface area contributed by atoms with Gasteiger partial charge in [0.05, 0.1) is 41.0 Å². The molecule has 1 saturated heterocycles. The van der Waals surface area contributed by atoms with Gasteiger partial charge >= 0.3 is 0 Å². The molecule has 2 aromatic heterocycles. The molecule has 2 aliphatic carbocycles. The predicted molar refractivity (Wildman–Crippen MR) is 129 cm³/mol. The molecular weight excluding hydrogens is 451 g/mol. The lowest BCUT2D eigenvalue weighted by molar-refractivity contribution is -0.0149. The Morgan fingerprint density at radius 1 is 1.34 bits per heavy atom. The number of alkyl halides is 1. The lowest BCUT2D eigenvalue weighted by atomic mass is 9.99. The van der Waals surface area contributed by atoms with Gasteiger partial charge in [0.25, 0.3) is 11.5 Å². The van der Waals surface area contributed by atoms with Crippen LogP contribution < -0.4 is 15.6 Å². The summed E-state index contributed by atoms with van der Waals surface area (Å²) in [6, 6.07) is 6.24. The van der Waals surface area contributed by atoms with Crippen LogP contribution in [0.2, 0.25) is 0 Å². The average molecular weight is 481 g/mol. The summed E-state index contributed by atoms with van der Waals surface area (Å²) in [4.78, 5) is 26.2. The molecule has 8 nitrogen and oxygen atoms in total. The van der Waals surface area contributed by atoms with Crippen molar-refractivity contribution < 1.29 is 18.7 Å². The Morgan fingerprint density at radius 2 is 2.14 bits per heavy atom. The Morgan fingerprint density at radius 3 is 2.77 bits per heavy atom. The van der Waals surface area contributed by atoms with Crippen LogP contribution in [0.5, 0.6) is 5.75 Å². The first-order chi connectivity index (χ1) is 16.7. The number of fused-ring (bicyclic) bond motifs is 3. The standard InChI is InChI=1S/C26H29FN4O4/c1-15(2)35-22-11-20-16(12-31(29-20)26-7-6-25(3,13-26)34-14-26)9-17(22)23(32)28-19-5-4-8-30(24(19)33)21-10-18(21)27/h4-5,8-9,11-12,15,18,21H,6-7,10,13-14H2,1-3H3,(H,28,32)/t18-,21-,25-,26-/m0/s1. The fourth-order valence-corrected chi connectivity index (χ4v) is 5.51. The number of nitrogens with one attached hydrogen (secondary N) is 1. The maximum Gasteiger partial charge on any atom is 0.274 e. The maximum absolute atomic E-state index is 13.5. The Bertz CT molecular complexity index is 1390. The van der Waals surface area contributed by atoms with Crippen LogP contribution in [0.25, 0.3) is 10.9 Å². The Balaban J connectivity index is 1.35. The van der Waals surface area contributed by atoms with Gasteiger partial charge in [-0.15, -0.1) is 0 Å². The van der Waals surface area contributed by atoms with Gasteiger partial charge in [-0.05, 0) is 51.8 Å². The van der Waals surface area contributed by atoms with E-state index in [4.69, 9.17) is 14.6 Å². The number of hydrogen-bond donors (Lipinski definition) is 1. The summed E-state index contributed by atoms with van der Waals surface area (Å²) in [7, 11) is 0. The minimum atomic E-state index is -1.02. The molecule has 0 radical (unpaired) electrons. The van der Waals surface area contributed by atoms with Crippen LogP contribution in [0.1, 0.15) is 62.9 Å². The van der Waals surface area contributed by atoms with Crippen LogP contribution in [0.4, 0.5) is 10.1 Å². The van der Waals surface area contributed by atoms with Crippen molar-refractivity contribution in [3.05, 3.63) is 52.6 Å². The molecule has 1 aromatic carbocycles. The highest BCUT2D eigenvalue weighted by molar-refractivity contribution is 6.08. The van der Waals surface area contributed by atoms with Crippen LogP contribution in [-0.4, -0.2) is 44.7 Å². The number of carbonyl (C=O) groups excluding carboxylic acids is 1. The molecule has 3 aliphatic rings. The molecule has 2 saturated carbocycles. The van der Waals surface area contributed by atoms with Gasteiger partial charge in [0.1, 0.15) is 17.6 Å². The SMILES string of the molecule is CC(C)Oc1cc2nn([C@@]34CC[C@@](C)(C3)OC4)cc2cc1C(=O)Nc1cccn([C@H]2C[C@@H]2F)c1=O. The Hall–Kier alpha value is -3.20. The maximum atomic E-state index is 13.5. The van der Waals surface area contributed by atoms with E-state index < -0.39 is 23.7 Å². The summed E-state index contributed by atoms with van der Waals surface area (Å²) < 4.78 is 28.9. The first-order valence-corrected chi connectivity index (χ1v) is 12.2. The normalized spacial score (nSPS) is 29.2. The van der Waals surface area contributed by atoms with Crippen LogP contribution in [0, 0.1) is 0 Å². The number of pyridine rings is 1. The summed E-state index contributed by atoms with van der Waals surface area (Å²) in [5.74, 6) is -0.0671. The summed E-state index contributed by atoms with van der Waals surface area (Å²) in [6.07, 6.45) is 5.56. The second-order valence-corrected chi connectivity index (χ2v) is 10.7. The van der Waals surface area contributed by atoms with E-state index in [0.717, 1.165) is 30.2 Å². The highest BCUT2D eigenvalue weighted by atomic mass is 19.1. The average Bonchev–Trinajstić information content (AvgIpc) is 3.12. The number of nitrogens with zero attached hydrogens (tertiary/aromatic N) is 3. The van der Waals surface area contributed by atoms with Crippen LogP contribution >= 0.6 is 0 Å². The van der Waals surface area contributed by atoms with E-state index >= 15 is 0 Å². The summed E-state index contributed by atoms with van der Waals surface area (Å²) in [5, 5.41) is 8.37. The number of carbonyl (C=O) groups is 1. The zero-order valence-corrected chi connectivity index (χ0v) is 20.1. The number of ether oxygens (including phenoxy) is 2. The van der Waals surface area contributed by atoms with Gasteiger partial charge in [-0.3, -0.25) is 14.3 Å². The van der Waals surface area contributed by atoms with Crippen molar-refractivity contribution in [2.24, 2.45) is 0 Å². The van der Waals surface area contributed by atoms with Crippen molar-refractivity contribution >= 4 is 22.5 Å². The second kappa shape index (κ2) is 7.65. The van der Waals surface area contributed by atoms with Crippen LogP contribution in [0.3, 0.4) is 0 Å². The van der Waals surface area contributed by atoms with E-state index in [1.807, 2.05) is 24.7 Å². The van der Waals surface area contributed by atoms with Crippen LogP contribution in [0.15, 0.2) is 41.5 Å². The topological polar surface area (TPSA) is 87.4 Å². The molecule has 4 atom stereocenters. The molecule has 3 fully saturated rings. The van der Waals surface area contributed by atoms with E-state index in [-0.39, 0.29) is 22.9 Å². The van der Waals surface area contributed by atoms with E-state index in [2.05, 4.69) is 12.2 Å². The number of hydrogen-bond acceptors (Lipinski definition) is 5. The summed E-state index contributed by atoms with van der Waals surface area (Å²) >= 11 is 0. The third-order valence-electron chi connectivity index (χ3n) is 7.47. The number of benzene rings is 1. The Kier molecular flexibility index (Phi) is 4.87. The highest BCUT2D eigenvalue weighted by Gasteiger charge is 2.54. The molecule has 184 valence electrons. The first kappa shape index (κ1) is 22.3. The van der Waals surface area contributed by atoms with Gasteiger partial charge in [0.2, 0.25) is 0 Å². The zero-order valence-electron chi connectivity index (χ0n) is 20.1. The third kappa shape index (κ3) is 3.73. The smallest absolute Gasteiger partial charge is 0.274 e. The molecule has 35 heavy (non-hydrogen) atoms. The van der Waals surface area contributed by atoms with Crippen molar-refractivity contribution in [2.45, 2.75) is 75.9 Å². The molecule has 3 aromatic rings. The van der Waals surface area contributed by atoms with Gasteiger partial charge in [0, 0.05) is 36.7 Å². The molecule has 3 heterocycles. The number of rotatable bonds is 6. The van der Waals surface area contributed by atoms with Crippen molar-refractivity contribution in [1.29, 1.82) is 0 Å². The van der Waals surface area contributed by atoms with Crippen molar-refractivity contribution in [1.82, 2.24) is 14.3 Å². The Labute approximate surface area is 202 Å².